The Bertz CT molecular complexity index is 520. The van der Waals surface area contributed by atoms with Crippen LogP contribution in [0.15, 0.2) is 17.0 Å². The fraction of sp³-hybridized carbons (Fsp3) is 0.455. The number of benzene rings is 1. The van der Waals surface area contributed by atoms with Gasteiger partial charge < -0.3 is 10.5 Å². The van der Waals surface area contributed by atoms with Gasteiger partial charge in [0, 0.05) is 13.1 Å². The van der Waals surface area contributed by atoms with Crippen molar-refractivity contribution in [1.82, 2.24) is 4.31 Å². The van der Waals surface area contributed by atoms with Crippen molar-refractivity contribution in [1.29, 1.82) is 0 Å². The van der Waals surface area contributed by atoms with Crippen LogP contribution in [0.3, 0.4) is 0 Å². The quantitative estimate of drug-likeness (QED) is 0.845. The number of hydrogen-bond acceptors (Lipinski definition) is 4. The highest BCUT2D eigenvalue weighted by Crippen LogP contribution is 2.29. The topological polar surface area (TPSA) is 72.6 Å². The van der Waals surface area contributed by atoms with Crippen molar-refractivity contribution < 1.29 is 17.5 Å². The summed E-state index contributed by atoms with van der Waals surface area (Å²) in [5.74, 6) is -0.950. The number of anilines is 1. The SMILES string of the molecule is COc1c(N)cc(S(=O)(=O)N(C)C(C)C)cc1F. The van der Waals surface area contributed by atoms with E-state index in [9.17, 15) is 12.8 Å². The van der Waals surface area contributed by atoms with Gasteiger partial charge in [0.05, 0.1) is 17.7 Å². The maximum Gasteiger partial charge on any atom is 0.243 e. The van der Waals surface area contributed by atoms with E-state index in [4.69, 9.17) is 10.5 Å². The molecule has 0 unspecified atom stereocenters. The second-order valence-electron chi connectivity index (χ2n) is 4.14. The summed E-state index contributed by atoms with van der Waals surface area (Å²) in [6, 6.07) is 1.86. The van der Waals surface area contributed by atoms with Crippen molar-refractivity contribution in [3.05, 3.63) is 17.9 Å². The first kappa shape index (κ1) is 14.7. The largest absolute Gasteiger partial charge is 0.492 e. The Hall–Kier alpha value is -1.34. The molecule has 0 aliphatic carbocycles. The highest BCUT2D eigenvalue weighted by molar-refractivity contribution is 7.89. The Morgan fingerprint density at radius 1 is 1.39 bits per heavy atom. The number of sulfonamides is 1. The van der Waals surface area contributed by atoms with Crippen molar-refractivity contribution in [3.63, 3.8) is 0 Å². The summed E-state index contributed by atoms with van der Waals surface area (Å²) in [6.07, 6.45) is 0. The normalized spacial score (nSPS) is 12.2. The summed E-state index contributed by atoms with van der Waals surface area (Å²) >= 11 is 0. The van der Waals surface area contributed by atoms with E-state index in [0.29, 0.717) is 0 Å². The lowest BCUT2D eigenvalue weighted by Gasteiger charge is -2.21. The molecule has 0 heterocycles. The number of nitrogen functional groups attached to an aromatic ring is 1. The average molecular weight is 276 g/mol. The number of nitrogens with zero attached hydrogens (tertiary/aromatic N) is 1. The molecular weight excluding hydrogens is 259 g/mol. The fourth-order valence-electron chi connectivity index (χ4n) is 1.40. The van der Waals surface area contributed by atoms with Crippen LogP contribution in [-0.4, -0.2) is 32.9 Å². The minimum atomic E-state index is -3.75. The molecule has 0 saturated heterocycles. The van der Waals surface area contributed by atoms with Gasteiger partial charge >= 0.3 is 0 Å². The van der Waals surface area contributed by atoms with Crippen LogP contribution in [-0.2, 0) is 10.0 Å². The van der Waals surface area contributed by atoms with Crippen molar-refractivity contribution in [3.8, 4) is 5.75 Å². The number of ether oxygens (including phenoxy) is 1. The van der Waals surface area contributed by atoms with Crippen molar-refractivity contribution in [2.45, 2.75) is 24.8 Å². The number of methoxy groups -OCH3 is 1. The summed E-state index contributed by atoms with van der Waals surface area (Å²) in [5.41, 5.74) is 5.51. The Kier molecular flexibility index (Phi) is 4.18. The second-order valence-corrected chi connectivity index (χ2v) is 6.14. The molecule has 1 rings (SSSR count). The molecule has 0 aliphatic rings. The Balaban J connectivity index is 3.36. The molecule has 0 radical (unpaired) electrons. The lowest BCUT2D eigenvalue weighted by Crippen LogP contribution is -2.33. The van der Waals surface area contributed by atoms with Gasteiger partial charge in [0.2, 0.25) is 10.0 Å². The van der Waals surface area contributed by atoms with Gasteiger partial charge in [-0.3, -0.25) is 0 Å². The summed E-state index contributed by atoms with van der Waals surface area (Å²) in [5, 5.41) is 0. The molecule has 0 bridgehead atoms. The second kappa shape index (κ2) is 5.11. The standard InChI is InChI=1S/C11H17FN2O3S/c1-7(2)14(3)18(15,16)8-5-9(12)11(17-4)10(13)6-8/h5-7H,13H2,1-4H3. The molecule has 0 fully saturated rings. The third-order valence-electron chi connectivity index (χ3n) is 2.65. The molecular formula is C11H17FN2O3S. The number of hydrogen-bond donors (Lipinski definition) is 1. The predicted octanol–water partition coefficient (Wildman–Crippen LogP) is 1.45. The molecule has 7 heteroatoms. The highest BCUT2D eigenvalue weighted by atomic mass is 32.2. The summed E-state index contributed by atoms with van der Waals surface area (Å²) in [7, 11) is -1.05. The van der Waals surface area contributed by atoms with E-state index in [2.05, 4.69) is 0 Å². The van der Waals surface area contributed by atoms with Crippen LogP contribution in [0, 0.1) is 5.82 Å². The molecule has 2 N–H and O–H groups in total. The van der Waals surface area contributed by atoms with Crippen LogP contribution >= 0.6 is 0 Å². The lowest BCUT2D eigenvalue weighted by atomic mass is 10.3. The molecule has 0 aliphatic heterocycles. The Morgan fingerprint density at radius 2 is 1.94 bits per heavy atom. The van der Waals surface area contributed by atoms with Crippen LogP contribution in [0.5, 0.6) is 5.75 Å². The van der Waals surface area contributed by atoms with E-state index >= 15 is 0 Å². The molecule has 0 saturated carbocycles. The average Bonchev–Trinajstić information content (AvgIpc) is 2.27. The molecule has 1 aromatic carbocycles. The van der Waals surface area contributed by atoms with Crippen molar-refractivity contribution >= 4 is 15.7 Å². The molecule has 0 atom stereocenters. The molecule has 5 nitrogen and oxygen atoms in total. The van der Waals surface area contributed by atoms with E-state index < -0.39 is 15.8 Å². The van der Waals surface area contributed by atoms with Crippen molar-refractivity contribution in [2.75, 3.05) is 19.9 Å². The summed E-state index contributed by atoms with van der Waals surface area (Å²) < 4.78 is 43.8. The van der Waals surface area contributed by atoms with E-state index in [1.807, 2.05) is 0 Å². The van der Waals surface area contributed by atoms with Gasteiger partial charge in [0.25, 0.3) is 0 Å². The van der Waals surface area contributed by atoms with Gasteiger partial charge in [0.1, 0.15) is 0 Å². The zero-order chi connectivity index (χ0) is 14.1. The van der Waals surface area contributed by atoms with Crippen LogP contribution in [0.4, 0.5) is 10.1 Å². The molecule has 0 spiro atoms. The molecule has 18 heavy (non-hydrogen) atoms. The predicted molar refractivity (Wildman–Crippen MR) is 67.4 cm³/mol. The fourth-order valence-corrected chi connectivity index (χ4v) is 2.81. The molecule has 0 amide bonds. The zero-order valence-corrected chi connectivity index (χ0v) is 11.6. The smallest absolute Gasteiger partial charge is 0.243 e. The number of halogens is 1. The van der Waals surface area contributed by atoms with E-state index in [1.165, 1.54) is 20.2 Å². The van der Waals surface area contributed by atoms with Crippen molar-refractivity contribution in [2.24, 2.45) is 0 Å². The highest BCUT2D eigenvalue weighted by Gasteiger charge is 2.25. The van der Waals surface area contributed by atoms with E-state index in [-0.39, 0.29) is 22.4 Å². The number of nitrogens with two attached hydrogens (primary N) is 1. The minimum Gasteiger partial charge on any atom is -0.492 e. The van der Waals surface area contributed by atoms with Crippen LogP contribution in [0.1, 0.15) is 13.8 Å². The first-order valence-electron chi connectivity index (χ1n) is 5.32. The molecule has 0 aromatic heterocycles. The lowest BCUT2D eigenvalue weighted by molar-refractivity contribution is 0.386. The molecule has 1 aromatic rings. The first-order chi connectivity index (χ1) is 8.21. The van der Waals surface area contributed by atoms with Gasteiger partial charge in [-0.1, -0.05) is 0 Å². The zero-order valence-electron chi connectivity index (χ0n) is 10.8. The Labute approximate surface area is 106 Å². The maximum atomic E-state index is 13.6. The first-order valence-corrected chi connectivity index (χ1v) is 6.76. The van der Waals surface area contributed by atoms with Gasteiger partial charge in [-0.25, -0.2) is 12.8 Å². The van der Waals surface area contributed by atoms with Gasteiger partial charge in [-0.05, 0) is 26.0 Å². The summed E-state index contributed by atoms with van der Waals surface area (Å²) in [6.45, 7) is 3.45. The third kappa shape index (κ3) is 2.56. The Morgan fingerprint density at radius 3 is 2.33 bits per heavy atom. The summed E-state index contributed by atoms with van der Waals surface area (Å²) in [4.78, 5) is -0.186. The molecule has 102 valence electrons. The van der Waals surface area contributed by atoms with E-state index in [0.717, 1.165) is 10.4 Å². The third-order valence-corrected chi connectivity index (χ3v) is 4.67. The maximum absolute atomic E-state index is 13.6. The van der Waals surface area contributed by atoms with Crippen LogP contribution < -0.4 is 10.5 Å². The monoisotopic (exact) mass is 276 g/mol. The van der Waals surface area contributed by atoms with Gasteiger partial charge in [-0.2, -0.15) is 4.31 Å². The minimum absolute atomic E-state index is 0.0479. The van der Waals surface area contributed by atoms with Crippen LogP contribution in [0.25, 0.3) is 0 Å². The van der Waals surface area contributed by atoms with Gasteiger partial charge in [-0.15, -0.1) is 0 Å². The van der Waals surface area contributed by atoms with E-state index in [1.54, 1.807) is 13.8 Å². The van der Waals surface area contributed by atoms with Gasteiger partial charge in [0.15, 0.2) is 11.6 Å². The number of rotatable bonds is 4. The van der Waals surface area contributed by atoms with Crippen LogP contribution in [0.2, 0.25) is 0 Å².